The third-order valence-electron chi connectivity index (χ3n) is 3.60. The standard InChI is InChI=1S/C14H20N4OS/c1-18(2)14(19)12-11(16)10(8-15)13(20-12)17-9-6-4-3-5-7-9/h9,17H,3-7,16H2,1-2H3. The fraction of sp³-hybridized carbons (Fsp3) is 0.571. The van der Waals surface area contributed by atoms with Crippen molar-refractivity contribution >= 4 is 27.9 Å². The van der Waals surface area contributed by atoms with Gasteiger partial charge >= 0.3 is 0 Å². The van der Waals surface area contributed by atoms with Gasteiger partial charge in [0, 0.05) is 20.1 Å². The molecule has 0 saturated heterocycles. The molecule has 1 aliphatic carbocycles. The summed E-state index contributed by atoms with van der Waals surface area (Å²) in [4.78, 5) is 14.0. The minimum absolute atomic E-state index is 0.152. The first-order valence-electron chi connectivity index (χ1n) is 6.85. The van der Waals surface area contributed by atoms with Crippen molar-refractivity contribution in [3.05, 3.63) is 10.4 Å². The van der Waals surface area contributed by atoms with Crippen LogP contribution < -0.4 is 11.1 Å². The Morgan fingerprint density at radius 3 is 2.60 bits per heavy atom. The molecule has 1 aromatic heterocycles. The summed E-state index contributed by atoms with van der Waals surface area (Å²) >= 11 is 1.29. The van der Waals surface area contributed by atoms with E-state index in [1.54, 1.807) is 14.1 Å². The molecule has 20 heavy (non-hydrogen) atoms. The van der Waals surface area contributed by atoms with Gasteiger partial charge in [-0.1, -0.05) is 19.3 Å². The highest BCUT2D eigenvalue weighted by molar-refractivity contribution is 7.18. The van der Waals surface area contributed by atoms with E-state index in [2.05, 4.69) is 11.4 Å². The number of carbonyl (C=O) groups is 1. The van der Waals surface area contributed by atoms with Gasteiger partial charge in [-0.05, 0) is 12.8 Å². The number of nitrogens with zero attached hydrogens (tertiary/aromatic N) is 2. The largest absolute Gasteiger partial charge is 0.396 e. The highest BCUT2D eigenvalue weighted by atomic mass is 32.1. The predicted molar refractivity (Wildman–Crippen MR) is 82.0 cm³/mol. The molecular formula is C14H20N4OS. The smallest absolute Gasteiger partial charge is 0.265 e. The maximum absolute atomic E-state index is 12.1. The van der Waals surface area contributed by atoms with Gasteiger partial charge in [0.15, 0.2) is 0 Å². The Morgan fingerprint density at radius 2 is 2.05 bits per heavy atom. The molecule has 0 unspecified atom stereocenters. The lowest BCUT2D eigenvalue weighted by Crippen LogP contribution is -2.22. The van der Waals surface area contributed by atoms with Crippen molar-refractivity contribution in [3.8, 4) is 6.07 Å². The molecule has 0 atom stereocenters. The van der Waals surface area contributed by atoms with Crippen molar-refractivity contribution in [1.82, 2.24) is 4.90 Å². The van der Waals surface area contributed by atoms with Crippen LogP contribution in [0.4, 0.5) is 10.7 Å². The van der Waals surface area contributed by atoms with Crippen LogP contribution in [0.3, 0.4) is 0 Å². The summed E-state index contributed by atoms with van der Waals surface area (Å²) < 4.78 is 0. The zero-order valence-corrected chi connectivity index (χ0v) is 12.7. The van der Waals surface area contributed by atoms with Crippen LogP contribution in [0.1, 0.15) is 47.3 Å². The summed E-state index contributed by atoms with van der Waals surface area (Å²) in [5, 5.41) is 13.4. The molecule has 0 aliphatic heterocycles. The molecule has 5 nitrogen and oxygen atoms in total. The first kappa shape index (κ1) is 14.7. The number of nitrogens with one attached hydrogen (secondary N) is 1. The summed E-state index contributed by atoms with van der Waals surface area (Å²) in [5.74, 6) is -0.152. The lowest BCUT2D eigenvalue weighted by atomic mass is 9.95. The Morgan fingerprint density at radius 1 is 1.40 bits per heavy atom. The van der Waals surface area contributed by atoms with Crippen molar-refractivity contribution in [2.24, 2.45) is 0 Å². The minimum atomic E-state index is -0.152. The van der Waals surface area contributed by atoms with E-state index in [-0.39, 0.29) is 5.91 Å². The van der Waals surface area contributed by atoms with Gasteiger partial charge in [-0.3, -0.25) is 4.79 Å². The second kappa shape index (κ2) is 6.14. The maximum Gasteiger partial charge on any atom is 0.265 e. The van der Waals surface area contributed by atoms with E-state index in [1.165, 1.54) is 35.5 Å². The molecule has 1 fully saturated rings. The normalized spacial score (nSPS) is 15.7. The third-order valence-corrected chi connectivity index (χ3v) is 4.72. The van der Waals surface area contributed by atoms with E-state index in [0.717, 1.165) is 17.8 Å². The van der Waals surface area contributed by atoms with E-state index >= 15 is 0 Å². The molecule has 1 aliphatic rings. The number of thiophene rings is 1. The molecule has 6 heteroatoms. The Bertz CT molecular complexity index is 538. The molecule has 1 aromatic rings. The van der Waals surface area contributed by atoms with E-state index in [9.17, 15) is 10.1 Å². The number of hydrogen-bond acceptors (Lipinski definition) is 5. The second-order valence-corrected chi connectivity index (χ2v) is 6.36. The van der Waals surface area contributed by atoms with Gasteiger partial charge in [-0.15, -0.1) is 11.3 Å². The predicted octanol–water partition coefficient (Wildman–Crippen LogP) is 2.65. The van der Waals surface area contributed by atoms with E-state index in [1.807, 2.05) is 0 Å². The molecule has 0 bridgehead atoms. The average Bonchev–Trinajstić information content (AvgIpc) is 2.75. The van der Waals surface area contributed by atoms with Crippen LogP contribution in [0.5, 0.6) is 0 Å². The highest BCUT2D eigenvalue weighted by Gasteiger charge is 2.24. The Balaban J connectivity index is 2.26. The van der Waals surface area contributed by atoms with Crippen molar-refractivity contribution < 1.29 is 4.79 Å². The molecule has 2 rings (SSSR count). The van der Waals surface area contributed by atoms with Crippen molar-refractivity contribution in [2.75, 3.05) is 25.1 Å². The number of amides is 1. The monoisotopic (exact) mass is 292 g/mol. The van der Waals surface area contributed by atoms with Gasteiger partial charge in [0.25, 0.3) is 5.91 Å². The Labute approximate surface area is 123 Å². The third kappa shape index (κ3) is 2.88. The Kier molecular flexibility index (Phi) is 4.50. The number of anilines is 2. The van der Waals surface area contributed by atoms with Crippen molar-refractivity contribution in [2.45, 2.75) is 38.1 Å². The summed E-state index contributed by atoms with van der Waals surface area (Å²) in [6.07, 6.45) is 5.92. The summed E-state index contributed by atoms with van der Waals surface area (Å²) in [7, 11) is 3.36. The van der Waals surface area contributed by atoms with Crippen LogP contribution in [0, 0.1) is 11.3 Å². The number of nitrogen functional groups attached to an aromatic ring is 1. The zero-order valence-electron chi connectivity index (χ0n) is 11.9. The molecule has 1 amide bonds. The van der Waals surface area contributed by atoms with Gasteiger partial charge in [0.05, 0.1) is 5.69 Å². The maximum atomic E-state index is 12.1. The van der Waals surface area contributed by atoms with Gasteiger partial charge in [0.2, 0.25) is 0 Å². The average molecular weight is 292 g/mol. The molecule has 0 radical (unpaired) electrons. The van der Waals surface area contributed by atoms with Crippen molar-refractivity contribution in [1.29, 1.82) is 5.26 Å². The summed E-state index contributed by atoms with van der Waals surface area (Å²) in [6.45, 7) is 0. The zero-order chi connectivity index (χ0) is 14.7. The molecule has 3 N–H and O–H groups in total. The first-order valence-corrected chi connectivity index (χ1v) is 7.66. The first-order chi connectivity index (χ1) is 9.54. The van der Waals surface area contributed by atoms with Gasteiger partial charge in [-0.25, -0.2) is 0 Å². The summed E-state index contributed by atoms with van der Waals surface area (Å²) in [6, 6.07) is 2.51. The highest BCUT2D eigenvalue weighted by Crippen LogP contribution is 2.37. The quantitative estimate of drug-likeness (QED) is 0.897. The molecule has 0 spiro atoms. The number of nitrogens with two attached hydrogens (primary N) is 1. The van der Waals surface area contributed by atoms with E-state index in [4.69, 9.17) is 5.73 Å². The van der Waals surface area contributed by atoms with Crippen LogP contribution in [-0.2, 0) is 0 Å². The topological polar surface area (TPSA) is 82.2 Å². The van der Waals surface area contributed by atoms with Crippen LogP contribution in [0.25, 0.3) is 0 Å². The van der Waals surface area contributed by atoms with Crippen LogP contribution in [0.2, 0.25) is 0 Å². The fourth-order valence-corrected chi connectivity index (χ4v) is 3.62. The lowest BCUT2D eigenvalue weighted by Gasteiger charge is -2.23. The number of rotatable bonds is 3. The number of hydrogen-bond donors (Lipinski definition) is 2. The molecule has 1 saturated carbocycles. The van der Waals surface area contributed by atoms with Gasteiger partial charge < -0.3 is 16.0 Å². The van der Waals surface area contributed by atoms with Gasteiger partial charge in [-0.2, -0.15) is 5.26 Å². The SMILES string of the molecule is CN(C)C(=O)c1sc(NC2CCCCC2)c(C#N)c1N. The molecule has 1 heterocycles. The lowest BCUT2D eigenvalue weighted by molar-refractivity contribution is 0.0833. The van der Waals surface area contributed by atoms with E-state index in [0.29, 0.717) is 22.2 Å². The van der Waals surface area contributed by atoms with E-state index < -0.39 is 0 Å². The molecular weight excluding hydrogens is 272 g/mol. The number of carbonyl (C=O) groups excluding carboxylic acids is 1. The van der Waals surface area contributed by atoms with Crippen LogP contribution >= 0.6 is 11.3 Å². The fourth-order valence-electron chi connectivity index (χ4n) is 2.45. The van der Waals surface area contributed by atoms with Crippen LogP contribution in [-0.4, -0.2) is 30.9 Å². The van der Waals surface area contributed by atoms with Crippen LogP contribution in [0.15, 0.2) is 0 Å². The second-order valence-electron chi connectivity index (χ2n) is 5.34. The Hall–Kier alpha value is -1.74. The number of nitriles is 1. The van der Waals surface area contributed by atoms with Gasteiger partial charge in [0.1, 0.15) is 21.5 Å². The molecule has 108 valence electrons. The summed E-state index contributed by atoms with van der Waals surface area (Å²) in [5.41, 5.74) is 6.67. The minimum Gasteiger partial charge on any atom is -0.396 e. The van der Waals surface area contributed by atoms with Crippen molar-refractivity contribution in [3.63, 3.8) is 0 Å². The molecule has 0 aromatic carbocycles.